The van der Waals surface area contributed by atoms with Crippen LogP contribution in [0.15, 0.2) is 35.5 Å². The summed E-state index contributed by atoms with van der Waals surface area (Å²) in [4.78, 5) is 69.2. The van der Waals surface area contributed by atoms with Gasteiger partial charge in [-0.25, -0.2) is 4.79 Å². The second-order valence-electron chi connectivity index (χ2n) is 10.0. The molecule has 0 radical (unpaired) electrons. The van der Waals surface area contributed by atoms with Gasteiger partial charge in [0.2, 0.25) is 17.7 Å². The molecule has 0 spiro atoms. The Kier molecular flexibility index (Phi) is 13.9. The van der Waals surface area contributed by atoms with Gasteiger partial charge in [-0.05, 0) is 50.3 Å². The highest BCUT2D eigenvalue weighted by atomic mass is 16.4. The van der Waals surface area contributed by atoms with Gasteiger partial charge in [-0.2, -0.15) is 0 Å². The van der Waals surface area contributed by atoms with Crippen molar-refractivity contribution in [1.82, 2.24) is 20.9 Å². The standard InChI is InChI=1S/C27H41N9O7/c28-10-4-3-9-19(24(40)36-21(26(42)43)13-22(37)38)34-25(41)20(12-15-14-33-18-8-2-1-6-16(15)18)35-23(39)17(29)7-5-11-32-27(30)31/h1-2,6,8,14,17,19-21,33H,3-5,7,9-13,28-29H2,(H,34,41)(H,35,39)(H,36,40)(H,37,38)(H,42,43)(H4,30,31,32). The number of nitrogens with one attached hydrogen (secondary N) is 4. The summed E-state index contributed by atoms with van der Waals surface area (Å²) in [6.45, 7) is 0.584. The number of carbonyl (C=O) groups excluding carboxylic acids is 3. The fraction of sp³-hybridized carbons (Fsp3) is 0.481. The summed E-state index contributed by atoms with van der Waals surface area (Å²) < 4.78 is 0. The lowest BCUT2D eigenvalue weighted by molar-refractivity contribution is -0.147. The highest BCUT2D eigenvalue weighted by molar-refractivity contribution is 5.95. The van der Waals surface area contributed by atoms with Crippen LogP contribution in [0.25, 0.3) is 10.9 Å². The van der Waals surface area contributed by atoms with Gasteiger partial charge < -0.3 is 54.1 Å². The molecule has 0 bridgehead atoms. The van der Waals surface area contributed by atoms with E-state index in [0.717, 1.165) is 10.9 Å². The lowest BCUT2D eigenvalue weighted by Crippen LogP contribution is -2.57. The first-order valence-corrected chi connectivity index (χ1v) is 13.8. The number of fused-ring (bicyclic) bond motifs is 1. The number of para-hydroxylation sites is 1. The van der Waals surface area contributed by atoms with Crippen LogP contribution in [0.4, 0.5) is 0 Å². The average molecular weight is 604 g/mol. The first-order valence-electron chi connectivity index (χ1n) is 13.8. The lowest BCUT2D eigenvalue weighted by atomic mass is 10.0. The minimum Gasteiger partial charge on any atom is -0.481 e. The molecule has 0 saturated heterocycles. The van der Waals surface area contributed by atoms with Crippen LogP contribution in [0, 0.1) is 0 Å². The first kappa shape index (κ1) is 34.5. The normalized spacial score (nSPS) is 13.7. The highest BCUT2D eigenvalue weighted by Gasteiger charge is 2.31. The molecular weight excluding hydrogens is 562 g/mol. The molecule has 2 aromatic rings. The Balaban J connectivity index is 2.27. The van der Waals surface area contributed by atoms with Crippen LogP contribution in [-0.4, -0.2) is 88.1 Å². The highest BCUT2D eigenvalue weighted by Crippen LogP contribution is 2.19. The van der Waals surface area contributed by atoms with Gasteiger partial charge in [0, 0.05) is 30.1 Å². The molecule has 16 nitrogen and oxygen atoms in total. The molecule has 1 aromatic carbocycles. The van der Waals surface area contributed by atoms with E-state index in [1.807, 2.05) is 24.3 Å². The Labute approximate surface area is 248 Å². The predicted molar refractivity (Wildman–Crippen MR) is 158 cm³/mol. The van der Waals surface area contributed by atoms with Crippen LogP contribution >= 0.6 is 0 Å². The average Bonchev–Trinajstić information content (AvgIpc) is 3.36. The van der Waals surface area contributed by atoms with Crippen molar-refractivity contribution in [3.63, 3.8) is 0 Å². The molecule has 1 aromatic heterocycles. The number of hydrogen-bond acceptors (Lipinski definition) is 8. The van der Waals surface area contributed by atoms with E-state index < -0.39 is 60.2 Å². The fourth-order valence-corrected chi connectivity index (χ4v) is 4.34. The molecule has 0 aliphatic rings. The van der Waals surface area contributed by atoms with Crippen molar-refractivity contribution in [2.75, 3.05) is 13.1 Å². The first-order chi connectivity index (χ1) is 20.4. The molecule has 4 atom stereocenters. The van der Waals surface area contributed by atoms with Gasteiger partial charge in [0.15, 0.2) is 5.96 Å². The number of carboxylic acids is 2. The molecule has 4 unspecified atom stereocenters. The molecular formula is C27H41N9O7. The number of aliphatic imine (C=N–C) groups is 1. The number of amides is 3. The van der Waals surface area contributed by atoms with E-state index in [-0.39, 0.29) is 31.8 Å². The molecule has 236 valence electrons. The molecule has 0 saturated carbocycles. The summed E-state index contributed by atoms with van der Waals surface area (Å²) in [7, 11) is 0. The van der Waals surface area contributed by atoms with Crippen LogP contribution in [0.5, 0.6) is 0 Å². The summed E-state index contributed by atoms with van der Waals surface area (Å²) >= 11 is 0. The van der Waals surface area contributed by atoms with Crippen LogP contribution in [0.3, 0.4) is 0 Å². The number of nitrogens with two attached hydrogens (primary N) is 4. The Bertz CT molecular complexity index is 1290. The molecule has 0 aliphatic heterocycles. The van der Waals surface area contributed by atoms with Crippen molar-refractivity contribution in [2.45, 2.75) is 69.1 Å². The van der Waals surface area contributed by atoms with Crippen molar-refractivity contribution in [2.24, 2.45) is 27.9 Å². The smallest absolute Gasteiger partial charge is 0.326 e. The monoisotopic (exact) mass is 603 g/mol. The quantitative estimate of drug-likeness (QED) is 0.0487. The van der Waals surface area contributed by atoms with Crippen molar-refractivity contribution < 1.29 is 34.2 Å². The molecule has 43 heavy (non-hydrogen) atoms. The van der Waals surface area contributed by atoms with Gasteiger partial charge in [0.1, 0.15) is 18.1 Å². The van der Waals surface area contributed by atoms with Gasteiger partial charge in [0.05, 0.1) is 12.5 Å². The minimum absolute atomic E-state index is 0.0379. The number of H-pyrrole nitrogens is 1. The Morgan fingerprint density at radius 1 is 0.860 bits per heavy atom. The number of aliphatic carboxylic acids is 2. The van der Waals surface area contributed by atoms with Gasteiger partial charge in [-0.3, -0.25) is 24.2 Å². The Hall–Kier alpha value is -4.70. The Morgan fingerprint density at radius 2 is 1.51 bits per heavy atom. The second kappa shape index (κ2) is 17.3. The third-order valence-electron chi connectivity index (χ3n) is 6.61. The zero-order valence-electron chi connectivity index (χ0n) is 23.8. The maximum atomic E-state index is 13.6. The zero-order valence-corrected chi connectivity index (χ0v) is 23.8. The fourth-order valence-electron chi connectivity index (χ4n) is 4.34. The third-order valence-corrected chi connectivity index (χ3v) is 6.61. The molecule has 1 heterocycles. The summed E-state index contributed by atoms with van der Waals surface area (Å²) in [6, 6.07) is 2.28. The van der Waals surface area contributed by atoms with E-state index in [4.69, 9.17) is 28.0 Å². The number of nitrogens with zero attached hydrogens (tertiary/aromatic N) is 1. The molecule has 3 amide bonds. The van der Waals surface area contributed by atoms with Gasteiger partial charge in [0.25, 0.3) is 0 Å². The van der Waals surface area contributed by atoms with Crippen molar-refractivity contribution in [1.29, 1.82) is 0 Å². The van der Waals surface area contributed by atoms with E-state index in [1.165, 1.54) is 0 Å². The topological polar surface area (TPSA) is 294 Å². The van der Waals surface area contributed by atoms with Crippen molar-refractivity contribution in [3.8, 4) is 0 Å². The van der Waals surface area contributed by atoms with E-state index in [9.17, 15) is 29.1 Å². The third kappa shape index (κ3) is 11.6. The maximum absolute atomic E-state index is 13.6. The zero-order chi connectivity index (χ0) is 31.9. The van der Waals surface area contributed by atoms with Crippen LogP contribution in [-0.2, 0) is 30.4 Å². The summed E-state index contributed by atoms with van der Waals surface area (Å²) in [6.07, 6.45) is 2.55. The van der Waals surface area contributed by atoms with E-state index in [0.29, 0.717) is 31.4 Å². The molecule has 0 aliphatic carbocycles. The minimum atomic E-state index is -1.71. The molecule has 0 fully saturated rings. The number of guanidine groups is 1. The SMILES string of the molecule is NCCCCC(NC(=O)C(Cc1c[nH]c2ccccc12)NC(=O)C(N)CCCN=C(N)N)C(=O)NC(CC(=O)O)C(=O)O. The van der Waals surface area contributed by atoms with Gasteiger partial charge in [-0.1, -0.05) is 18.2 Å². The second-order valence-corrected chi connectivity index (χ2v) is 10.0. The molecule has 16 heteroatoms. The summed E-state index contributed by atoms with van der Waals surface area (Å²) in [5, 5.41) is 26.7. The predicted octanol–water partition coefficient (Wildman–Crippen LogP) is -1.77. The number of carbonyl (C=O) groups is 5. The molecule has 14 N–H and O–H groups in total. The summed E-state index contributed by atoms with van der Waals surface area (Å²) in [5.74, 6) is -5.26. The van der Waals surface area contributed by atoms with E-state index in [2.05, 4.69) is 25.9 Å². The summed E-state index contributed by atoms with van der Waals surface area (Å²) in [5.41, 5.74) is 23.8. The van der Waals surface area contributed by atoms with Gasteiger partial charge in [-0.15, -0.1) is 0 Å². The van der Waals surface area contributed by atoms with Crippen molar-refractivity contribution in [3.05, 3.63) is 36.0 Å². The van der Waals surface area contributed by atoms with E-state index >= 15 is 0 Å². The number of hydrogen-bond donors (Lipinski definition) is 10. The lowest BCUT2D eigenvalue weighted by Gasteiger charge is -2.25. The van der Waals surface area contributed by atoms with E-state index in [1.54, 1.807) is 6.20 Å². The van der Waals surface area contributed by atoms with Crippen LogP contribution < -0.4 is 38.9 Å². The Morgan fingerprint density at radius 3 is 2.16 bits per heavy atom. The number of aromatic amines is 1. The number of benzene rings is 1. The number of aromatic nitrogens is 1. The van der Waals surface area contributed by atoms with Crippen LogP contribution in [0.1, 0.15) is 44.1 Å². The van der Waals surface area contributed by atoms with Gasteiger partial charge >= 0.3 is 11.9 Å². The number of unbranched alkanes of at least 4 members (excludes halogenated alkanes) is 1. The molecule has 2 rings (SSSR count). The number of rotatable bonds is 19. The van der Waals surface area contributed by atoms with Crippen LogP contribution in [0.2, 0.25) is 0 Å². The number of carboxylic acid groups (broad SMARTS) is 2. The van der Waals surface area contributed by atoms with Crippen molar-refractivity contribution >= 4 is 46.5 Å². The largest absolute Gasteiger partial charge is 0.481 e. The maximum Gasteiger partial charge on any atom is 0.326 e.